The number of hydrogen-bond acceptors (Lipinski definition) is 4. The van der Waals surface area contributed by atoms with Crippen LogP contribution in [0.5, 0.6) is 0 Å². The fourth-order valence-corrected chi connectivity index (χ4v) is 3.62. The zero-order valence-corrected chi connectivity index (χ0v) is 15.0. The molecule has 1 unspecified atom stereocenters. The Bertz CT molecular complexity index is 884. The van der Waals surface area contributed by atoms with E-state index in [1.54, 1.807) is 12.5 Å². The summed E-state index contributed by atoms with van der Waals surface area (Å²) in [6, 6.07) is 7.86. The maximum absolute atomic E-state index is 12.5. The number of likely N-dealkylation sites (tertiary alicyclic amines) is 1. The number of carbonyl (C=O) groups is 1. The van der Waals surface area contributed by atoms with Gasteiger partial charge in [0.2, 0.25) is 0 Å². The topological polar surface area (TPSA) is 62.8 Å². The molecule has 136 valence electrons. The van der Waals surface area contributed by atoms with E-state index in [0.717, 1.165) is 49.4 Å². The van der Waals surface area contributed by atoms with Crippen molar-refractivity contribution >= 4 is 11.6 Å². The average molecular weight is 352 g/mol. The van der Waals surface area contributed by atoms with Crippen molar-refractivity contribution in [3.63, 3.8) is 0 Å². The summed E-state index contributed by atoms with van der Waals surface area (Å²) in [5.41, 5.74) is 2.41. The Balaban J connectivity index is 1.33. The van der Waals surface area contributed by atoms with Gasteiger partial charge in [-0.2, -0.15) is 0 Å². The molecule has 0 saturated carbocycles. The van der Waals surface area contributed by atoms with Crippen LogP contribution in [0.15, 0.2) is 47.3 Å². The number of imidazole rings is 1. The Kier molecular flexibility index (Phi) is 4.75. The van der Waals surface area contributed by atoms with Crippen molar-refractivity contribution in [1.82, 2.24) is 19.6 Å². The van der Waals surface area contributed by atoms with Crippen molar-refractivity contribution in [3.05, 3.63) is 59.9 Å². The number of pyridine rings is 1. The summed E-state index contributed by atoms with van der Waals surface area (Å²) in [4.78, 5) is 19.3. The van der Waals surface area contributed by atoms with Gasteiger partial charge in [-0.15, -0.1) is 0 Å². The summed E-state index contributed by atoms with van der Waals surface area (Å²) in [5.74, 6) is 1.35. The zero-order valence-electron chi connectivity index (χ0n) is 15.0. The second kappa shape index (κ2) is 7.33. The van der Waals surface area contributed by atoms with Gasteiger partial charge < -0.3 is 14.1 Å². The van der Waals surface area contributed by atoms with Crippen molar-refractivity contribution in [2.45, 2.75) is 26.3 Å². The van der Waals surface area contributed by atoms with E-state index in [2.05, 4.69) is 15.2 Å². The van der Waals surface area contributed by atoms with Gasteiger partial charge in [0.1, 0.15) is 17.1 Å². The minimum absolute atomic E-state index is 0.102. The molecule has 1 N–H and O–H groups in total. The van der Waals surface area contributed by atoms with E-state index in [9.17, 15) is 4.79 Å². The van der Waals surface area contributed by atoms with Crippen LogP contribution in [0.2, 0.25) is 0 Å². The van der Waals surface area contributed by atoms with Gasteiger partial charge in [-0.25, -0.2) is 4.98 Å². The van der Waals surface area contributed by atoms with E-state index in [-0.39, 0.29) is 5.91 Å². The Labute approximate surface area is 152 Å². The third kappa shape index (κ3) is 3.80. The molecule has 0 radical (unpaired) electrons. The molecule has 4 heterocycles. The fraction of sp³-hybridized carbons (Fsp3) is 0.400. The number of amides is 1. The lowest BCUT2D eigenvalue weighted by Gasteiger charge is -2.32. The molecule has 0 aliphatic carbocycles. The number of piperidine rings is 1. The van der Waals surface area contributed by atoms with Gasteiger partial charge in [0.25, 0.3) is 5.91 Å². The number of nitrogens with zero attached hydrogens (tertiary/aromatic N) is 3. The van der Waals surface area contributed by atoms with Crippen molar-refractivity contribution in [1.29, 1.82) is 0 Å². The lowest BCUT2D eigenvalue weighted by atomic mass is 9.98. The van der Waals surface area contributed by atoms with Crippen LogP contribution in [-0.4, -0.2) is 39.8 Å². The van der Waals surface area contributed by atoms with Gasteiger partial charge in [0.05, 0.1) is 12.8 Å². The Morgan fingerprint density at radius 3 is 3.12 bits per heavy atom. The fourth-order valence-electron chi connectivity index (χ4n) is 3.62. The smallest absolute Gasteiger partial charge is 0.271 e. The van der Waals surface area contributed by atoms with Gasteiger partial charge in [0.15, 0.2) is 0 Å². The first-order chi connectivity index (χ1) is 12.7. The van der Waals surface area contributed by atoms with Crippen molar-refractivity contribution < 1.29 is 9.21 Å². The highest BCUT2D eigenvalue weighted by molar-refractivity contribution is 5.92. The molecule has 0 bridgehead atoms. The first-order valence-corrected chi connectivity index (χ1v) is 9.16. The van der Waals surface area contributed by atoms with Crippen LogP contribution in [0.4, 0.5) is 0 Å². The molecule has 6 nitrogen and oxygen atoms in total. The second-order valence-electron chi connectivity index (χ2n) is 7.13. The maximum Gasteiger partial charge on any atom is 0.271 e. The Morgan fingerprint density at radius 1 is 1.35 bits per heavy atom. The quantitative estimate of drug-likeness (QED) is 0.767. The normalized spacial score (nSPS) is 18.3. The minimum Gasteiger partial charge on any atom is -0.468 e. The average Bonchev–Trinajstić information content (AvgIpc) is 3.29. The Hall–Kier alpha value is -2.60. The molecule has 3 aromatic heterocycles. The number of carbonyl (C=O) groups excluding carboxylic acids is 1. The summed E-state index contributed by atoms with van der Waals surface area (Å²) in [5, 5.41) is 3.06. The van der Waals surface area contributed by atoms with Crippen LogP contribution >= 0.6 is 0 Å². The van der Waals surface area contributed by atoms with Crippen molar-refractivity contribution in [2.75, 3.05) is 19.6 Å². The van der Waals surface area contributed by atoms with E-state index in [1.165, 1.54) is 0 Å². The van der Waals surface area contributed by atoms with Crippen LogP contribution in [0, 0.1) is 12.8 Å². The number of aryl methyl sites for hydroxylation is 1. The van der Waals surface area contributed by atoms with Gasteiger partial charge in [-0.05, 0) is 56.0 Å². The van der Waals surface area contributed by atoms with Gasteiger partial charge in [-0.3, -0.25) is 9.69 Å². The monoisotopic (exact) mass is 352 g/mol. The molecule has 4 rings (SSSR count). The summed E-state index contributed by atoms with van der Waals surface area (Å²) in [6.45, 7) is 5.60. The molecule has 1 saturated heterocycles. The first kappa shape index (κ1) is 16.8. The number of rotatable bonds is 5. The van der Waals surface area contributed by atoms with Crippen LogP contribution in [0.1, 0.15) is 34.7 Å². The molecule has 1 fully saturated rings. The molecular weight excluding hydrogens is 328 g/mol. The molecule has 1 aliphatic heterocycles. The lowest BCUT2D eigenvalue weighted by molar-refractivity contribution is 0.0924. The van der Waals surface area contributed by atoms with Crippen molar-refractivity contribution in [2.24, 2.45) is 5.92 Å². The number of hydrogen-bond donors (Lipinski definition) is 1. The molecule has 0 spiro atoms. The molecule has 3 aromatic rings. The molecule has 26 heavy (non-hydrogen) atoms. The van der Waals surface area contributed by atoms with Gasteiger partial charge in [0, 0.05) is 25.5 Å². The van der Waals surface area contributed by atoms with E-state index in [0.29, 0.717) is 18.2 Å². The highest BCUT2D eigenvalue weighted by atomic mass is 16.3. The van der Waals surface area contributed by atoms with Crippen LogP contribution < -0.4 is 5.32 Å². The predicted octanol–water partition coefficient (Wildman–Crippen LogP) is 2.88. The lowest BCUT2D eigenvalue weighted by Crippen LogP contribution is -2.40. The molecule has 1 aliphatic rings. The van der Waals surface area contributed by atoms with E-state index in [1.807, 2.05) is 41.8 Å². The zero-order chi connectivity index (χ0) is 17.9. The molecule has 1 amide bonds. The number of aromatic nitrogens is 2. The van der Waals surface area contributed by atoms with Crippen LogP contribution in [-0.2, 0) is 6.54 Å². The van der Waals surface area contributed by atoms with Gasteiger partial charge >= 0.3 is 0 Å². The van der Waals surface area contributed by atoms with Gasteiger partial charge in [-0.1, -0.05) is 6.07 Å². The first-order valence-electron chi connectivity index (χ1n) is 9.16. The van der Waals surface area contributed by atoms with Crippen LogP contribution in [0.25, 0.3) is 5.65 Å². The highest BCUT2D eigenvalue weighted by Gasteiger charge is 2.21. The third-order valence-electron chi connectivity index (χ3n) is 4.95. The minimum atomic E-state index is -0.102. The molecule has 6 heteroatoms. The van der Waals surface area contributed by atoms with E-state index in [4.69, 9.17) is 4.42 Å². The summed E-state index contributed by atoms with van der Waals surface area (Å²) >= 11 is 0. The SMILES string of the molecule is Cc1ccc2nc(C(=O)NCC3CCCN(Cc4ccco4)C3)cn2c1. The largest absolute Gasteiger partial charge is 0.468 e. The van der Waals surface area contributed by atoms with Crippen LogP contribution in [0.3, 0.4) is 0 Å². The Morgan fingerprint density at radius 2 is 2.27 bits per heavy atom. The third-order valence-corrected chi connectivity index (χ3v) is 4.95. The molecular formula is C20H24N4O2. The highest BCUT2D eigenvalue weighted by Crippen LogP contribution is 2.18. The summed E-state index contributed by atoms with van der Waals surface area (Å²) < 4.78 is 7.34. The number of nitrogens with one attached hydrogen (secondary N) is 1. The number of fused-ring (bicyclic) bond motifs is 1. The standard InChI is InChI=1S/C20H24N4O2/c1-15-6-7-19-22-18(14-24(19)11-15)20(25)21-10-16-4-2-8-23(12-16)13-17-5-3-9-26-17/h3,5-7,9,11,14,16H,2,4,8,10,12-13H2,1H3,(H,21,25). The van der Waals surface area contributed by atoms with E-state index >= 15 is 0 Å². The summed E-state index contributed by atoms with van der Waals surface area (Å²) in [7, 11) is 0. The van der Waals surface area contributed by atoms with E-state index < -0.39 is 0 Å². The predicted molar refractivity (Wildman–Crippen MR) is 99.0 cm³/mol. The number of furan rings is 1. The van der Waals surface area contributed by atoms with Crippen molar-refractivity contribution in [3.8, 4) is 0 Å². The summed E-state index contributed by atoms with van der Waals surface area (Å²) in [6.07, 6.45) is 7.77. The molecule has 0 aromatic carbocycles. The molecule has 1 atom stereocenters. The second-order valence-corrected chi connectivity index (χ2v) is 7.13. The maximum atomic E-state index is 12.5.